The van der Waals surface area contributed by atoms with Crippen molar-refractivity contribution in [2.24, 2.45) is 5.41 Å². The lowest BCUT2D eigenvalue weighted by atomic mass is 9.79. The van der Waals surface area contributed by atoms with E-state index in [4.69, 9.17) is 10.2 Å². The molecule has 2 unspecified atom stereocenters. The monoisotopic (exact) mass is 214 g/mol. The van der Waals surface area contributed by atoms with Crippen molar-refractivity contribution in [1.82, 2.24) is 0 Å². The van der Waals surface area contributed by atoms with E-state index in [0.29, 0.717) is 0 Å². The molecular formula is C9H10O4S. The Kier molecular flexibility index (Phi) is 2.71. The maximum atomic E-state index is 10.9. The number of carbonyl (C=O) groups is 2. The van der Waals surface area contributed by atoms with Gasteiger partial charge in [0.15, 0.2) is 0 Å². The fourth-order valence-electron chi connectivity index (χ4n) is 1.23. The first kappa shape index (κ1) is 10.8. The number of hydrogen-bond acceptors (Lipinski definition) is 3. The molecule has 76 valence electrons. The lowest BCUT2D eigenvalue weighted by Gasteiger charge is -2.30. The first-order valence-corrected chi connectivity index (χ1v) is 4.45. The van der Waals surface area contributed by atoms with E-state index in [9.17, 15) is 9.59 Å². The van der Waals surface area contributed by atoms with Gasteiger partial charge in [0, 0.05) is 0 Å². The minimum Gasteiger partial charge on any atom is -0.481 e. The smallest absolute Gasteiger partial charge is 0.332 e. The average Bonchev–Trinajstić information content (AvgIpc) is 2.09. The molecule has 2 atom stereocenters. The lowest BCUT2D eigenvalue weighted by molar-refractivity contribution is -0.145. The highest BCUT2D eigenvalue weighted by atomic mass is 32.1. The van der Waals surface area contributed by atoms with Crippen molar-refractivity contribution in [3.63, 3.8) is 0 Å². The first-order valence-electron chi connectivity index (χ1n) is 3.94. The molecule has 0 amide bonds. The summed E-state index contributed by atoms with van der Waals surface area (Å²) in [5, 5.41) is 16.9. The largest absolute Gasteiger partial charge is 0.481 e. The maximum Gasteiger partial charge on any atom is 0.332 e. The van der Waals surface area contributed by atoms with Crippen LogP contribution < -0.4 is 0 Å². The van der Waals surface area contributed by atoms with Gasteiger partial charge in [0.25, 0.3) is 0 Å². The van der Waals surface area contributed by atoms with Crippen LogP contribution in [0.15, 0.2) is 23.8 Å². The van der Waals surface area contributed by atoms with Gasteiger partial charge in [-0.05, 0) is 6.92 Å². The van der Waals surface area contributed by atoms with Crippen LogP contribution in [-0.2, 0) is 9.59 Å². The Bertz CT molecular complexity index is 345. The van der Waals surface area contributed by atoms with Gasteiger partial charge in [-0.3, -0.25) is 4.79 Å². The molecule has 0 aliphatic heterocycles. The zero-order valence-electron chi connectivity index (χ0n) is 7.47. The van der Waals surface area contributed by atoms with E-state index in [1.807, 2.05) is 0 Å². The second-order valence-electron chi connectivity index (χ2n) is 3.28. The molecule has 0 fully saturated rings. The molecule has 2 N–H and O–H groups in total. The van der Waals surface area contributed by atoms with E-state index in [2.05, 4.69) is 12.6 Å². The van der Waals surface area contributed by atoms with Crippen LogP contribution in [0.25, 0.3) is 0 Å². The van der Waals surface area contributed by atoms with Crippen LogP contribution in [0, 0.1) is 5.41 Å². The molecule has 1 aliphatic carbocycles. The summed E-state index contributed by atoms with van der Waals surface area (Å²) in [7, 11) is 0. The number of hydrogen-bond donors (Lipinski definition) is 3. The molecule has 0 aromatic rings. The molecule has 14 heavy (non-hydrogen) atoms. The van der Waals surface area contributed by atoms with Crippen molar-refractivity contribution in [2.75, 3.05) is 0 Å². The molecule has 5 heteroatoms. The minimum atomic E-state index is -1.26. The van der Waals surface area contributed by atoms with Gasteiger partial charge >= 0.3 is 11.9 Å². The Balaban J connectivity index is 3.11. The van der Waals surface area contributed by atoms with Gasteiger partial charge in [-0.1, -0.05) is 18.2 Å². The van der Waals surface area contributed by atoms with E-state index < -0.39 is 22.6 Å². The van der Waals surface area contributed by atoms with Gasteiger partial charge < -0.3 is 10.2 Å². The molecule has 0 saturated carbocycles. The van der Waals surface area contributed by atoms with Gasteiger partial charge in [-0.2, -0.15) is 12.6 Å². The molecule has 0 radical (unpaired) electrons. The van der Waals surface area contributed by atoms with Crippen LogP contribution in [0.3, 0.4) is 0 Å². The van der Waals surface area contributed by atoms with Crippen molar-refractivity contribution < 1.29 is 19.8 Å². The molecular weight excluding hydrogens is 204 g/mol. The third kappa shape index (κ3) is 1.55. The molecule has 1 aliphatic rings. The van der Waals surface area contributed by atoms with Gasteiger partial charge in [0.05, 0.1) is 16.2 Å². The number of thiol groups is 1. The maximum absolute atomic E-state index is 10.9. The second-order valence-corrected chi connectivity index (χ2v) is 3.79. The summed E-state index contributed by atoms with van der Waals surface area (Å²) in [5.74, 6) is -2.22. The van der Waals surface area contributed by atoms with Gasteiger partial charge in [0.2, 0.25) is 0 Å². The summed E-state index contributed by atoms with van der Waals surface area (Å²) in [6.45, 7) is 1.44. The quantitative estimate of drug-likeness (QED) is 0.598. The minimum absolute atomic E-state index is 0.000679. The zero-order valence-corrected chi connectivity index (χ0v) is 8.36. The first-order chi connectivity index (χ1) is 6.39. The summed E-state index contributed by atoms with van der Waals surface area (Å²) < 4.78 is 0. The van der Waals surface area contributed by atoms with Crippen molar-refractivity contribution in [1.29, 1.82) is 0 Å². The SMILES string of the molecule is CC1(C(=O)O)C=CC=C(C(=O)O)C1S. The van der Waals surface area contributed by atoms with E-state index in [1.165, 1.54) is 25.2 Å². The molecule has 0 heterocycles. The van der Waals surface area contributed by atoms with Gasteiger partial charge in [-0.25, -0.2) is 4.79 Å². The third-order valence-electron chi connectivity index (χ3n) is 2.29. The van der Waals surface area contributed by atoms with E-state index in [0.717, 1.165) is 0 Å². The molecule has 1 rings (SSSR count). The standard InChI is InChI=1S/C9H10O4S/c1-9(8(12)13)4-2-3-5(6(9)14)7(10)11/h2-4,6,14H,1H3,(H,10,11)(H,12,13). The summed E-state index contributed by atoms with van der Waals surface area (Å²) >= 11 is 4.03. The molecule has 0 aromatic heterocycles. The van der Waals surface area contributed by atoms with Crippen molar-refractivity contribution in [2.45, 2.75) is 12.2 Å². The number of aliphatic carboxylic acids is 2. The molecule has 0 spiro atoms. The number of allylic oxidation sites excluding steroid dienone is 2. The number of carboxylic acid groups (broad SMARTS) is 2. The summed E-state index contributed by atoms with van der Waals surface area (Å²) in [6, 6.07) is 0. The summed E-state index contributed by atoms with van der Waals surface area (Å²) in [5.41, 5.74) is -1.26. The number of rotatable bonds is 2. The molecule has 0 saturated heterocycles. The Morgan fingerprint density at radius 2 is 2.07 bits per heavy atom. The lowest BCUT2D eigenvalue weighted by Crippen LogP contribution is -2.39. The zero-order chi connectivity index (χ0) is 10.9. The molecule has 0 bridgehead atoms. The Morgan fingerprint density at radius 1 is 1.50 bits per heavy atom. The van der Waals surface area contributed by atoms with E-state index in [1.54, 1.807) is 0 Å². The third-order valence-corrected chi connectivity index (χ3v) is 3.10. The normalized spacial score (nSPS) is 31.0. The van der Waals surface area contributed by atoms with Crippen molar-refractivity contribution in [3.05, 3.63) is 23.8 Å². The van der Waals surface area contributed by atoms with Crippen LogP contribution >= 0.6 is 12.6 Å². The molecule has 4 nitrogen and oxygen atoms in total. The van der Waals surface area contributed by atoms with Crippen LogP contribution in [0.5, 0.6) is 0 Å². The predicted molar refractivity (Wildman–Crippen MR) is 53.4 cm³/mol. The van der Waals surface area contributed by atoms with Crippen LogP contribution in [0.2, 0.25) is 0 Å². The number of carboxylic acids is 2. The fraction of sp³-hybridized carbons (Fsp3) is 0.333. The Hall–Kier alpha value is -1.23. The van der Waals surface area contributed by atoms with Crippen LogP contribution in [0.4, 0.5) is 0 Å². The highest BCUT2D eigenvalue weighted by Gasteiger charge is 2.42. The van der Waals surface area contributed by atoms with Crippen molar-refractivity contribution >= 4 is 24.6 Å². The molecule has 0 aromatic carbocycles. The van der Waals surface area contributed by atoms with Gasteiger partial charge in [0.1, 0.15) is 0 Å². The highest BCUT2D eigenvalue weighted by Crippen LogP contribution is 2.35. The summed E-state index contributed by atoms with van der Waals surface area (Å²) in [6.07, 6.45) is 4.24. The van der Waals surface area contributed by atoms with Crippen LogP contribution in [0.1, 0.15) is 6.92 Å². The van der Waals surface area contributed by atoms with E-state index >= 15 is 0 Å². The Labute approximate surface area is 86.3 Å². The van der Waals surface area contributed by atoms with Crippen LogP contribution in [-0.4, -0.2) is 27.4 Å². The highest BCUT2D eigenvalue weighted by molar-refractivity contribution is 7.81. The summed E-state index contributed by atoms with van der Waals surface area (Å²) in [4.78, 5) is 21.7. The average molecular weight is 214 g/mol. The predicted octanol–water partition coefficient (Wildman–Crippen LogP) is 0.956. The van der Waals surface area contributed by atoms with Gasteiger partial charge in [-0.15, -0.1) is 0 Å². The fourth-order valence-corrected chi connectivity index (χ4v) is 1.63. The second kappa shape index (κ2) is 3.49. The van der Waals surface area contributed by atoms with E-state index in [-0.39, 0.29) is 5.57 Å². The topological polar surface area (TPSA) is 74.6 Å². The Morgan fingerprint density at radius 3 is 2.50 bits per heavy atom. The van der Waals surface area contributed by atoms with Crippen molar-refractivity contribution in [3.8, 4) is 0 Å².